The Morgan fingerprint density at radius 3 is 2.84 bits per heavy atom. The number of aryl methyl sites for hydroxylation is 1. The van der Waals surface area contributed by atoms with Crippen molar-refractivity contribution < 1.29 is 4.79 Å². The lowest BCUT2D eigenvalue weighted by Crippen LogP contribution is -2.32. The molecule has 5 nitrogen and oxygen atoms in total. The molecule has 1 N–H and O–H groups in total. The molecule has 0 bridgehead atoms. The van der Waals surface area contributed by atoms with E-state index in [1.54, 1.807) is 0 Å². The fourth-order valence-corrected chi connectivity index (χ4v) is 3.38. The third kappa shape index (κ3) is 4.86. The molecule has 1 saturated heterocycles. The molecule has 0 aliphatic carbocycles. The van der Waals surface area contributed by atoms with Gasteiger partial charge in [0.1, 0.15) is 11.5 Å². The molecule has 0 saturated carbocycles. The largest absolute Gasteiger partial charge is 0.350 e. The monoisotopic (exact) mass is 338 g/mol. The highest BCUT2D eigenvalue weighted by molar-refractivity contribution is 5.92. The van der Waals surface area contributed by atoms with Gasteiger partial charge < -0.3 is 10.2 Å². The number of nitrogens with one attached hydrogen (secondary N) is 1. The average molecular weight is 338 g/mol. The van der Waals surface area contributed by atoms with E-state index in [1.165, 1.54) is 12.0 Å². The van der Waals surface area contributed by atoms with Crippen LogP contribution in [0.3, 0.4) is 0 Å². The van der Waals surface area contributed by atoms with E-state index in [9.17, 15) is 4.79 Å². The fourth-order valence-electron chi connectivity index (χ4n) is 3.38. The molecule has 0 spiro atoms. The van der Waals surface area contributed by atoms with Crippen molar-refractivity contribution in [2.75, 3.05) is 26.7 Å². The second-order valence-corrected chi connectivity index (χ2v) is 6.82. The van der Waals surface area contributed by atoms with Crippen molar-refractivity contribution in [1.29, 1.82) is 0 Å². The highest BCUT2D eigenvalue weighted by atomic mass is 16.1. The maximum absolute atomic E-state index is 12.5. The number of carbonyl (C=O) groups excluding carboxylic acids is 1. The van der Waals surface area contributed by atoms with Crippen molar-refractivity contribution in [1.82, 2.24) is 20.2 Å². The normalized spacial score (nSPS) is 18.1. The lowest BCUT2D eigenvalue weighted by atomic mass is 9.94. The van der Waals surface area contributed by atoms with Gasteiger partial charge in [0, 0.05) is 24.7 Å². The summed E-state index contributed by atoms with van der Waals surface area (Å²) in [6, 6.07) is 12.0. The molecule has 1 aromatic carbocycles. The average Bonchev–Trinajstić information content (AvgIpc) is 2.62. The van der Waals surface area contributed by atoms with Crippen molar-refractivity contribution in [2.45, 2.75) is 32.1 Å². The van der Waals surface area contributed by atoms with Crippen molar-refractivity contribution in [3.8, 4) is 0 Å². The topological polar surface area (TPSA) is 58.1 Å². The maximum atomic E-state index is 12.5. The number of benzene rings is 1. The number of hydrogen-bond donors (Lipinski definition) is 1. The number of likely N-dealkylation sites (tertiary alicyclic amines) is 1. The molecular formula is C20H26N4O. The number of amides is 1. The van der Waals surface area contributed by atoms with Crippen LogP contribution >= 0.6 is 0 Å². The fraction of sp³-hybridized carbons (Fsp3) is 0.450. The number of piperidine rings is 1. The summed E-state index contributed by atoms with van der Waals surface area (Å²) in [5.74, 6) is 0.932. The van der Waals surface area contributed by atoms with E-state index < -0.39 is 0 Å². The maximum Gasteiger partial charge on any atom is 0.270 e. The lowest BCUT2D eigenvalue weighted by molar-refractivity contribution is 0.0948. The number of likely N-dealkylation sites (N-methyl/N-ethyl adjacent to an activating group) is 1. The minimum atomic E-state index is -0.119. The predicted molar refractivity (Wildman–Crippen MR) is 98.7 cm³/mol. The lowest BCUT2D eigenvalue weighted by Gasteiger charge is -2.29. The zero-order valence-corrected chi connectivity index (χ0v) is 15.0. The van der Waals surface area contributed by atoms with Gasteiger partial charge in [-0.2, -0.15) is 0 Å². The standard InChI is InChI=1S/C20H26N4O/c1-15-22-18(17-9-6-12-24(2)14-17)13-19(23-15)20(25)21-11-10-16-7-4-3-5-8-16/h3-5,7-8,13,17H,6,9-12,14H2,1-2H3,(H,21,25)/t17-/m1/s1. The van der Waals surface area contributed by atoms with Crippen LogP contribution in [0.5, 0.6) is 0 Å². The van der Waals surface area contributed by atoms with Crippen LogP contribution in [-0.2, 0) is 6.42 Å². The molecule has 25 heavy (non-hydrogen) atoms. The van der Waals surface area contributed by atoms with Gasteiger partial charge in [-0.15, -0.1) is 0 Å². The Bertz CT molecular complexity index is 717. The first-order chi connectivity index (χ1) is 12.1. The molecule has 2 aromatic rings. The number of rotatable bonds is 5. The van der Waals surface area contributed by atoms with E-state index in [1.807, 2.05) is 31.2 Å². The minimum absolute atomic E-state index is 0.119. The smallest absolute Gasteiger partial charge is 0.270 e. The van der Waals surface area contributed by atoms with Crippen LogP contribution in [-0.4, -0.2) is 47.5 Å². The Balaban J connectivity index is 1.63. The zero-order chi connectivity index (χ0) is 17.6. The van der Waals surface area contributed by atoms with E-state index in [-0.39, 0.29) is 5.91 Å². The Hall–Kier alpha value is -2.27. The Morgan fingerprint density at radius 1 is 1.28 bits per heavy atom. The van der Waals surface area contributed by atoms with E-state index >= 15 is 0 Å². The third-order valence-electron chi connectivity index (χ3n) is 4.68. The van der Waals surface area contributed by atoms with Crippen LogP contribution in [0.1, 0.15) is 46.3 Å². The van der Waals surface area contributed by atoms with Gasteiger partial charge >= 0.3 is 0 Å². The quantitative estimate of drug-likeness (QED) is 0.910. The summed E-state index contributed by atoms with van der Waals surface area (Å²) in [6.07, 6.45) is 3.11. The van der Waals surface area contributed by atoms with E-state index in [0.29, 0.717) is 24.0 Å². The molecule has 1 aliphatic rings. The highest BCUT2D eigenvalue weighted by Crippen LogP contribution is 2.25. The molecular weight excluding hydrogens is 312 g/mol. The molecule has 2 heterocycles. The number of aromatic nitrogens is 2. The first-order valence-electron chi connectivity index (χ1n) is 8.98. The molecule has 1 amide bonds. The molecule has 0 radical (unpaired) electrons. The van der Waals surface area contributed by atoms with Crippen LogP contribution in [0.4, 0.5) is 0 Å². The third-order valence-corrected chi connectivity index (χ3v) is 4.68. The van der Waals surface area contributed by atoms with Gasteiger partial charge in [0.05, 0.1) is 0 Å². The van der Waals surface area contributed by atoms with E-state index in [4.69, 9.17) is 0 Å². The number of hydrogen-bond acceptors (Lipinski definition) is 4. The molecule has 5 heteroatoms. The second kappa shape index (κ2) is 8.21. The van der Waals surface area contributed by atoms with Crippen molar-refractivity contribution in [3.05, 3.63) is 59.2 Å². The van der Waals surface area contributed by atoms with Crippen LogP contribution in [0.15, 0.2) is 36.4 Å². The van der Waals surface area contributed by atoms with E-state index in [2.05, 4.69) is 39.4 Å². The predicted octanol–water partition coefficient (Wildman–Crippen LogP) is 2.57. The van der Waals surface area contributed by atoms with Gasteiger partial charge in [-0.05, 0) is 51.4 Å². The first kappa shape index (κ1) is 17.5. The van der Waals surface area contributed by atoms with Gasteiger partial charge in [0.25, 0.3) is 5.91 Å². The summed E-state index contributed by atoms with van der Waals surface area (Å²) in [7, 11) is 2.14. The van der Waals surface area contributed by atoms with Crippen molar-refractivity contribution in [3.63, 3.8) is 0 Å². The summed E-state index contributed by atoms with van der Waals surface area (Å²) < 4.78 is 0. The van der Waals surface area contributed by atoms with Crippen LogP contribution in [0.2, 0.25) is 0 Å². The first-order valence-corrected chi connectivity index (χ1v) is 8.98. The Morgan fingerprint density at radius 2 is 2.08 bits per heavy atom. The molecule has 1 aliphatic heterocycles. The van der Waals surface area contributed by atoms with Crippen molar-refractivity contribution >= 4 is 5.91 Å². The van der Waals surface area contributed by atoms with Gasteiger partial charge in [-0.1, -0.05) is 30.3 Å². The molecule has 1 fully saturated rings. The van der Waals surface area contributed by atoms with Crippen LogP contribution in [0, 0.1) is 6.92 Å². The number of nitrogens with zero attached hydrogens (tertiary/aromatic N) is 3. The molecule has 1 aromatic heterocycles. The Kier molecular flexibility index (Phi) is 5.76. The molecule has 132 valence electrons. The van der Waals surface area contributed by atoms with Gasteiger partial charge in [0.15, 0.2) is 0 Å². The minimum Gasteiger partial charge on any atom is -0.350 e. The summed E-state index contributed by atoms with van der Waals surface area (Å²) >= 11 is 0. The van der Waals surface area contributed by atoms with Crippen LogP contribution in [0.25, 0.3) is 0 Å². The van der Waals surface area contributed by atoms with Gasteiger partial charge in [-0.25, -0.2) is 9.97 Å². The Labute approximate surface area is 149 Å². The van der Waals surface area contributed by atoms with Crippen LogP contribution < -0.4 is 5.32 Å². The second-order valence-electron chi connectivity index (χ2n) is 6.82. The molecule has 3 rings (SSSR count). The van der Waals surface area contributed by atoms with Gasteiger partial charge in [0.2, 0.25) is 0 Å². The molecule has 0 unspecified atom stereocenters. The number of carbonyl (C=O) groups is 1. The SMILES string of the molecule is Cc1nc(C(=O)NCCc2ccccc2)cc([C@@H]2CCCN(C)C2)n1. The summed E-state index contributed by atoms with van der Waals surface area (Å²) in [6.45, 7) is 4.59. The molecule has 1 atom stereocenters. The summed E-state index contributed by atoms with van der Waals surface area (Å²) in [4.78, 5) is 23.7. The van der Waals surface area contributed by atoms with Crippen molar-refractivity contribution in [2.24, 2.45) is 0 Å². The summed E-state index contributed by atoms with van der Waals surface area (Å²) in [5.41, 5.74) is 2.68. The summed E-state index contributed by atoms with van der Waals surface area (Å²) in [5, 5.41) is 2.97. The van der Waals surface area contributed by atoms with Gasteiger partial charge in [-0.3, -0.25) is 4.79 Å². The van der Waals surface area contributed by atoms with E-state index in [0.717, 1.165) is 31.6 Å². The zero-order valence-electron chi connectivity index (χ0n) is 15.0. The highest BCUT2D eigenvalue weighted by Gasteiger charge is 2.22.